The molecule has 0 aromatic carbocycles. The molecule has 1 aromatic rings. The first-order valence-corrected chi connectivity index (χ1v) is 5.77. The standard InChI is InChI=1S/C11H14FN3O2/c12-9-7-13-8-14-10(9)15-3-1-11(2-4-15)16-5-6-17-11/h7-8H,1-6H2. The van der Waals surface area contributed by atoms with Crippen molar-refractivity contribution in [3.8, 4) is 0 Å². The molecule has 0 aliphatic carbocycles. The molecule has 3 heterocycles. The maximum absolute atomic E-state index is 13.5. The highest BCUT2D eigenvalue weighted by Crippen LogP contribution is 2.32. The minimum atomic E-state index is -0.431. The van der Waals surface area contributed by atoms with Gasteiger partial charge < -0.3 is 14.4 Å². The molecule has 0 atom stereocenters. The van der Waals surface area contributed by atoms with Gasteiger partial charge in [-0.3, -0.25) is 0 Å². The van der Waals surface area contributed by atoms with Gasteiger partial charge in [0.15, 0.2) is 17.4 Å². The van der Waals surface area contributed by atoms with Crippen LogP contribution in [0.4, 0.5) is 10.2 Å². The number of aromatic nitrogens is 2. The van der Waals surface area contributed by atoms with Crippen molar-refractivity contribution in [2.24, 2.45) is 0 Å². The van der Waals surface area contributed by atoms with Gasteiger partial charge in [-0.1, -0.05) is 0 Å². The molecule has 17 heavy (non-hydrogen) atoms. The summed E-state index contributed by atoms with van der Waals surface area (Å²) in [5.74, 6) is -0.440. The van der Waals surface area contributed by atoms with Crippen LogP contribution >= 0.6 is 0 Å². The van der Waals surface area contributed by atoms with Crippen LogP contribution in [0.15, 0.2) is 12.5 Å². The van der Waals surface area contributed by atoms with E-state index in [-0.39, 0.29) is 5.82 Å². The Kier molecular flexibility index (Phi) is 2.68. The van der Waals surface area contributed by atoms with E-state index in [1.165, 1.54) is 12.5 Å². The molecule has 6 heteroatoms. The Labute approximate surface area is 98.6 Å². The molecule has 2 fully saturated rings. The fourth-order valence-electron chi connectivity index (χ4n) is 2.38. The number of anilines is 1. The molecular weight excluding hydrogens is 225 g/mol. The van der Waals surface area contributed by atoms with Gasteiger partial charge in [0.05, 0.1) is 19.4 Å². The van der Waals surface area contributed by atoms with Crippen LogP contribution in [0, 0.1) is 5.82 Å². The maximum Gasteiger partial charge on any atom is 0.183 e. The molecule has 0 bridgehead atoms. The Hall–Kier alpha value is -1.27. The van der Waals surface area contributed by atoms with E-state index in [1.54, 1.807) is 0 Å². The molecule has 3 rings (SSSR count). The fourth-order valence-corrected chi connectivity index (χ4v) is 2.38. The van der Waals surface area contributed by atoms with E-state index >= 15 is 0 Å². The number of ether oxygens (including phenoxy) is 2. The van der Waals surface area contributed by atoms with Crippen LogP contribution in [0.1, 0.15) is 12.8 Å². The maximum atomic E-state index is 13.5. The zero-order chi connectivity index (χ0) is 11.7. The van der Waals surface area contributed by atoms with Gasteiger partial charge in [-0.25, -0.2) is 14.4 Å². The number of halogens is 1. The van der Waals surface area contributed by atoms with Gasteiger partial charge >= 0.3 is 0 Å². The van der Waals surface area contributed by atoms with Gasteiger partial charge in [-0.15, -0.1) is 0 Å². The molecule has 2 saturated heterocycles. The summed E-state index contributed by atoms with van der Waals surface area (Å²) in [6.07, 6.45) is 4.05. The van der Waals surface area contributed by atoms with Crippen molar-refractivity contribution in [2.75, 3.05) is 31.2 Å². The predicted molar refractivity (Wildman–Crippen MR) is 58.1 cm³/mol. The van der Waals surface area contributed by atoms with E-state index in [4.69, 9.17) is 9.47 Å². The molecule has 0 N–H and O–H groups in total. The van der Waals surface area contributed by atoms with Gasteiger partial charge in [0.1, 0.15) is 6.33 Å². The van der Waals surface area contributed by atoms with Crippen LogP contribution in [-0.2, 0) is 9.47 Å². The highest BCUT2D eigenvalue weighted by atomic mass is 19.1. The number of rotatable bonds is 1. The molecule has 0 unspecified atom stereocenters. The highest BCUT2D eigenvalue weighted by Gasteiger charge is 2.40. The fraction of sp³-hybridized carbons (Fsp3) is 0.636. The van der Waals surface area contributed by atoms with Crippen molar-refractivity contribution in [3.63, 3.8) is 0 Å². The molecular formula is C11H14FN3O2. The Morgan fingerprint density at radius 3 is 2.59 bits per heavy atom. The molecule has 0 radical (unpaired) electrons. The van der Waals surface area contributed by atoms with E-state index in [0.717, 1.165) is 12.8 Å². The first kappa shape index (κ1) is 10.9. The second-order valence-electron chi connectivity index (χ2n) is 4.29. The molecule has 2 aliphatic heterocycles. The summed E-state index contributed by atoms with van der Waals surface area (Å²) in [7, 11) is 0. The van der Waals surface area contributed by atoms with E-state index in [2.05, 4.69) is 9.97 Å². The molecule has 2 aliphatic rings. The summed E-state index contributed by atoms with van der Waals surface area (Å²) in [5, 5.41) is 0. The Balaban J connectivity index is 1.71. The lowest BCUT2D eigenvalue weighted by atomic mass is 10.0. The Bertz CT molecular complexity index is 399. The third-order valence-corrected chi connectivity index (χ3v) is 3.29. The molecule has 0 amide bonds. The summed E-state index contributed by atoms with van der Waals surface area (Å²) in [6.45, 7) is 2.69. The van der Waals surface area contributed by atoms with Crippen LogP contribution in [0.25, 0.3) is 0 Å². The van der Waals surface area contributed by atoms with Crippen molar-refractivity contribution >= 4 is 5.82 Å². The molecule has 0 saturated carbocycles. The van der Waals surface area contributed by atoms with Crippen molar-refractivity contribution in [3.05, 3.63) is 18.3 Å². The van der Waals surface area contributed by atoms with Gasteiger partial charge in [0, 0.05) is 25.9 Å². The summed E-state index contributed by atoms with van der Waals surface area (Å²) in [4.78, 5) is 9.53. The Morgan fingerprint density at radius 1 is 1.24 bits per heavy atom. The van der Waals surface area contributed by atoms with Gasteiger partial charge in [-0.2, -0.15) is 0 Å². The highest BCUT2D eigenvalue weighted by molar-refractivity contribution is 5.38. The Morgan fingerprint density at radius 2 is 1.94 bits per heavy atom. The van der Waals surface area contributed by atoms with E-state index in [9.17, 15) is 4.39 Å². The van der Waals surface area contributed by atoms with E-state index < -0.39 is 5.79 Å². The van der Waals surface area contributed by atoms with Crippen LogP contribution in [0.5, 0.6) is 0 Å². The lowest BCUT2D eigenvalue weighted by Gasteiger charge is -2.38. The number of nitrogens with zero attached hydrogens (tertiary/aromatic N) is 3. The van der Waals surface area contributed by atoms with Gasteiger partial charge in [-0.05, 0) is 0 Å². The van der Waals surface area contributed by atoms with Crippen LogP contribution in [0.3, 0.4) is 0 Å². The summed E-state index contributed by atoms with van der Waals surface area (Å²) in [5.41, 5.74) is 0. The lowest BCUT2D eigenvalue weighted by molar-refractivity contribution is -0.169. The number of hydrogen-bond acceptors (Lipinski definition) is 5. The van der Waals surface area contributed by atoms with Crippen molar-refractivity contribution in [2.45, 2.75) is 18.6 Å². The number of hydrogen-bond donors (Lipinski definition) is 0. The zero-order valence-corrected chi connectivity index (χ0v) is 9.43. The average molecular weight is 239 g/mol. The zero-order valence-electron chi connectivity index (χ0n) is 9.43. The monoisotopic (exact) mass is 239 g/mol. The first-order chi connectivity index (χ1) is 8.29. The van der Waals surface area contributed by atoms with Crippen molar-refractivity contribution in [1.82, 2.24) is 9.97 Å². The molecule has 1 spiro atoms. The summed E-state index contributed by atoms with van der Waals surface area (Å²) >= 11 is 0. The minimum Gasteiger partial charge on any atom is -0.354 e. The molecule has 92 valence electrons. The molecule has 5 nitrogen and oxygen atoms in total. The predicted octanol–water partition coefficient (Wildman–Crippen LogP) is 0.959. The topological polar surface area (TPSA) is 47.5 Å². The van der Waals surface area contributed by atoms with Gasteiger partial charge in [0.25, 0.3) is 0 Å². The summed E-state index contributed by atoms with van der Waals surface area (Å²) < 4.78 is 24.8. The number of piperidine rings is 1. The molecule has 1 aromatic heterocycles. The van der Waals surface area contributed by atoms with Crippen molar-refractivity contribution < 1.29 is 13.9 Å². The quantitative estimate of drug-likeness (QED) is 0.730. The van der Waals surface area contributed by atoms with Crippen molar-refractivity contribution in [1.29, 1.82) is 0 Å². The normalized spacial score (nSPS) is 23.2. The first-order valence-electron chi connectivity index (χ1n) is 5.77. The second-order valence-corrected chi connectivity index (χ2v) is 4.29. The van der Waals surface area contributed by atoms with E-state index in [0.29, 0.717) is 32.1 Å². The third kappa shape index (κ3) is 1.98. The SMILES string of the molecule is Fc1cncnc1N1CCC2(CC1)OCCO2. The van der Waals surface area contributed by atoms with Gasteiger partial charge in [0.2, 0.25) is 0 Å². The van der Waals surface area contributed by atoms with Crippen LogP contribution < -0.4 is 4.90 Å². The lowest BCUT2D eigenvalue weighted by Crippen LogP contribution is -2.45. The minimum absolute atomic E-state index is 0.368. The van der Waals surface area contributed by atoms with Crippen LogP contribution in [0.2, 0.25) is 0 Å². The smallest absolute Gasteiger partial charge is 0.183 e. The average Bonchev–Trinajstić information content (AvgIpc) is 2.80. The largest absolute Gasteiger partial charge is 0.354 e. The second kappa shape index (κ2) is 4.19. The third-order valence-electron chi connectivity index (χ3n) is 3.29. The van der Waals surface area contributed by atoms with Crippen LogP contribution in [-0.4, -0.2) is 42.1 Å². The summed E-state index contributed by atoms with van der Waals surface area (Å²) in [6, 6.07) is 0. The van der Waals surface area contributed by atoms with E-state index in [1.807, 2.05) is 4.90 Å².